The first-order valence-corrected chi connectivity index (χ1v) is 7.15. The maximum Gasteiger partial charge on any atom is 0.0576 e. The van der Waals surface area contributed by atoms with E-state index >= 15 is 0 Å². The highest BCUT2D eigenvalue weighted by Crippen LogP contribution is 2.34. The summed E-state index contributed by atoms with van der Waals surface area (Å²) in [7, 11) is 0. The highest BCUT2D eigenvalue weighted by molar-refractivity contribution is 5.29. The number of aromatic nitrogens is 1. The standard InChI is InChI=1S/C15H22N2O/c16-14(8-6-12-4-2-10-18-12)13-7-5-11-3-1-9-17-15(11)13/h1,3,9,12-14H,2,4-8,10,16H2. The summed E-state index contributed by atoms with van der Waals surface area (Å²) in [4.78, 5) is 4.53. The van der Waals surface area contributed by atoms with Crippen LogP contribution in [0.1, 0.15) is 49.3 Å². The van der Waals surface area contributed by atoms with E-state index in [2.05, 4.69) is 11.1 Å². The van der Waals surface area contributed by atoms with Crippen molar-refractivity contribution in [3.8, 4) is 0 Å². The maximum atomic E-state index is 6.38. The highest BCUT2D eigenvalue weighted by atomic mass is 16.5. The van der Waals surface area contributed by atoms with Crippen LogP contribution in [0.4, 0.5) is 0 Å². The molecular formula is C15H22N2O. The number of hydrogen-bond acceptors (Lipinski definition) is 3. The number of nitrogens with zero attached hydrogens (tertiary/aromatic N) is 1. The Labute approximate surface area is 109 Å². The van der Waals surface area contributed by atoms with E-state index in [0.29, 0.717) is 12.0 Å². The van der Waals surface area contributed by atoms with Crippen LogP contribution in [-0.2, 0) is 11.2 Å². The van der Waals surface area contributed by atoms with Gasteiger partial charge in [0.15, 0.2) is 0 Å². The molecule has 1 aliphatic heterocycles. The van der Waals surface area contributed by atoms with Gasteiger partial charge in [0.2, 0.25) is 0 Å². The van der Waals surface area contributed by atoms with Crippen LogP contribution in [0.2, 0.25) is 0 Å². The minimum Gasteiger partial charge on any atom is -0.378 e. The third kappa shape index (κ3) is 2.43. The van der Waals surface area contributed by atoms with Gasteiger partial charge in [-0.25, -0.2) is 0 Å². The molecule has 0 bridgehead atoms. The first-order valence-electron chi connectivity index (χ1n) is 7.15. The molecule has 98 valence electrons. The second-order valence-corrected chi connectivity index (χ2v) is 5.57. The van der Waals surface area contributed by atoms with Crippen molar-refractivity contribution in [3.05, 3.63) is 29.6 Å². The second kappa shape index (κ2) is 5.37. The summed E-state index contributed by atoms with van der Waals surface area (Å²) < 4.78 is 5.66. The molecule has 1 aromatic rings. The Morgan fingerprint density at radius 3 is 3.22 bits per heavy atom. The summed E-state index contributed by atoms with van der Waals surface area (Å²) in [5.74, 6) is 0.461. The average Bonchev–Trinajstić information content (AvgIpc) is 3.05. The van der Waals surface area contributed by atoms with Gasteiger partial charge in [-0.15, -0.1) is 0 Å². The van der Waals surface area contributed by atoms with Crippen molar-refractivity contribution in [2.45, 2.75) is 56.6 Å². The van der Waals surface area contributed by atoms with Crippen molar-refractivity contribution in [3.63, 3.8) is 0 Å². The summed E-state index contributed by atoms with van der Waals surface area (Å²) in [5, 5.41) is 0. The Morgan fingerprint density at radius 2 is 2.39 bits per heavy atom. The van der Waals surface area contributed by atoms with Gasteiger partial charge < -0.3 is 10.5 Å². The molecule has 3 atom stereocenters. The van der Waals surface area contributed by atoms with Crippen molar-refractivity contribution in [1.29, 1.82) is 0 Å². The maximum absolute atomic E-state index is 6.38. The molecular weight excluding hydrogens is 224 g/mol. The van der Waals surface area contributed by atoms with E-state index in [1.165, 1.54) is 30.5 Å². The van der Waals surface area contributed by atoms with Gasteiger partial charge >= 0.3 is 0 Å². The topological polar surface area (TPSA) is 48.1 Å². The molecule has 1 aromatic heterocycles. The molecule has 2 aliphatic rings. The molecule has 18 heavy (non-hydrogen) atoms. The lowest BCUT2D eigenvalue weighted by molar-refractivity contribution is 0.0999. The first-order chi connectivity index (χ1) is 8.84. The fourth-order valence-electron chi connectivity index (χ4n) is 3.31. The molecule has 3 nitrogen and oxygen atoms in total. The monoisotopic (exact) mass is 246 g/mol. The zero-order valence-electron chi connectivity index (χ0n) is 10.8. The van der Waals surface area contributed by atoms with Crippen LogP contribution in [0.25, 0.3) is 0 Å². The molecule has 2 N–H and O–H groups in total. The van der Waals surface area contributed by atoms with E-state index in [0.717, 1.165) is 25.9 Å². The molecule has 1 aliphatic carbocycles. The van der Waals surface area contributed by atoms with Crippen LogP contribution in [0.3, 0.4) is 0 Å². The van der Waals surface area contributed by atoms with Crippen molar-refractivity contribution < 1.29 is 4.74 Å². The van der Waals surface area contributed by atoms with Crippen molar-refractivity contribution in [2.75, 3.05) is 6.61 Å². The van der Waals surface area contributed by atoms with Gasteiger partial charge in [-0.2, -0.15) is 0 Å². The van der Waals surface area contributed by atoms with E-state index < -0.39 is 0 Å². The van der Waals surface area contributed by atoms with E-state index in [4.69, 9.17) is 10.5 Å². The van der Waals surface area contributed by atoms with Crippen molar-refractivity contribution >= 4 is 0 Å². The molecule has 1 fully saturated rings. The smallest absolute Gasteiger partial charge is 0.0576 e. The fraction of sp³-hybridized carbons (Fsp3) is 0.667. The Bertz CT molecular complexity index is 401. The van der Waals surface area contributed by atoms with E-state index in [1.807, 2.05) is 12.3 Å². The van der Waals surface area contributed by atoms with Crippen molar-refractivity contribution in [1.82, 2.24) is 4.98 Å². The van der Waals surface area contributed by atoms with Gasteiger partial charge in [0.05, 0.1) is 6.10 Å². The fourth-order valence-corrected chi connectivity index (χ4v) is 3.31. The number of fused-ring (bicyclic) bond motifs is 1. The summed E-state index contributed by atoms with van der Waals surface area (Å²) in [6.45, 7) is 0.938. The van der Waals surface area contributed by atoms with Gasteiger partial charge in [0.25, 0.3) is 0 Å². The van der Waals surface area contributed by atoms with Crippen LogP contribution in [0.15, 0.2) is 18.3 Å². The van der Waals surface area contributed by atoms with Gasteiger partial charge in [0.1, 0.15) is 0 Å². The third-order valence-corrected chi connectivity index (χ3v) is 4.36. The lowest BCUT2D eigenvalue weighted by Crippen LogP contribution is -2.29. The molecule has 3 unspecified atom stereocenters. The molecule has 0 aromatic carbocycles. The zero-order valence-corrected chi connectivity index (χ0v) is 10.8. The molecule has 3 heteroatoms. The van der Waals surface area contributed by atoms with Gasteiger partial charge in [-0.3, -0.25) is 4.98 Å². The largest absolute Gasteiger partial charge is 0.378 e. The average molecular weight is 246 g/mol. The first kappa shape index (κ1) is 12.1. The predicted molar refractivity (Wildman–Crippen MR) is 71.5 cm³/mol. The minimum absolute atomic E-state index is 0.241. The zero-order chi connectivity index (χ0) is 12.4. The minimum atomic E-state index is 0.241. The van der Waals surface area contributed by atoms with Gasteiger partial charge in [-0.1, -0.05) is 6.07 Å². The van der Waals surface area contributed by atoms with Crippen LogP contribution in [-0.4, -0.2) is 23.7 Å². The lowest BCUT2D eigenvalue weighted by Gasteiger charge is -2.20. The SMILES string of the molecule is NC(CCC1CCCO1)C1CCc2cccnc21. The predicted octanol–water partition coefficient (Wildman–Crippen LogP) is 2.40. The summed E-state index contributed by atoms with van der Waals surface area (Å²) >= 11 is 0. The molecule has 1 saturated heterocycles. The number of nitrogens with two attached hydrogens (primary N) is 1. The lowest BCUT2D eigenvalue weighted by atomic mass is 9.92. The van der Waals surface area contributed by atoms with E-state index in [-0.39, 0.29) is 6.04 Å². The Balaban J connectivity index is 1.58. The molecule has 0 radical (unpaired) electrons. The number of ether oxygens (including phenoxy) is 1. The molecule has 0 amide bonds. The highest BCUT2D eigenvalue weighted by Gasteiger charge is 2.29. The number of rotatable bonds is 4. The molecule has 3 rings (SSSR count). The number of pyridine rings is 1. The normalized spacial score (nSPS) is 28.3. The third-order valence-electron chi connectivity index (χ3n) is 4.36. The molecule has 0 saturated carbocycles. The van der Waals surface area contributed by atoms with Gasteiger partial charge in [0, 0.05) is 30.5 Å². The Kier molecular flexibility index (Phi) is 3.62. The number of hydrogen-bond donors (Lipinski definition) is 1. The van der Waals surface area contributed by atoms with E-state index in [9.17, 15) is 0 Å². The molecule has 0 spiro atoms. The molecule has 2 heterocycles. The van der Waals surface area contributed by atoms with Crippen molar-refractivity contribution in [2.24, 2.45) is 5.73 Å². The van der Waals surface area contributed by atoms with Crippen LogP contribution in [0, 0.1) is 0 Å². The summed E-state index contributed by atoms with van der Waals surface area (Å²) in [6, 6.07) is 4.46. The van der Waals surface area contributed by atoms with Gasteiger partial charge in [-0.05, 0) is 50.2 Å². The van der Waals surface area contributed by atoms with Crippen LogP contribution in [0.5, 0.6) is 0 Å². The van der Waals surface area contributed by atoms with Crippen LogP contribution >= 0.6 is 0 Å². The Morgan fingerprint density at radius 1 is 1.44 bits per heavy atom. The summed E-state index contributed by atoms with van der Waals surface area (Å²) in [5.41, 5.74) is 9.02. The Hall–Kier alpha value is -0.930. The number of aryl methyl sites for hydroxylation is 1. The summed E-state index contributed by atoms with van der Waals surface area (Å²) in [6.07, 6.45) is 9.26. The quantitative estimate of drug-likeness (QED) is 0.887. The second-order valence-electron chi connectivity index (χ2n) is 5.57. The van der Waals surface area contributed by atoms with Crippen LogP contribution < -0.4 is 5.73 Å². The van der Waals surface area contributed by atoms with E-state index in [1.54, 1.807) is 0 Å².